The van der Waals surface area contributed by atoms with Crippen LogP contribution in [0.4, 0.5) is 11.6 Å². The van der Waals surface area contributed by atoms with E-state index >= 15 is 0 Å². The van der Waals surface area contributed by atoms with E-state index in [4.69, 9.17) is 5.73 Å². The topological polar surface area (TPSA) is 96.7 Å². The Kier molecular flexibility index (Phi) is 3.85. The number of rotatable bonds is 4. The van der Waals surface area contributed by atoms with E-state index in [1.165, 1.54) is 0 Å². The second-order valence-corrected chi connectivity index (χ2v) is 6.04. The van der Waals surface area contributed by atoms with E-state index in [0.717, 1.165) is 27.7 Å². The predicted octanol–water partition coefficient (Wildman–Crippen LogP) is 3.78. The Hall–Kier alpha value is -3.67. The molecule has 0 aliphatic rings. The van der Waals surface area contributed by atoms with E-state index in [0.29, 0.717) is 17.2 Å². The number of hydrogen-bond donors (Lipinski definition) is 3. The highest BCUT2D eigenvalue weighted by atomic mass is 16.1. The van der Waals surface area contributed by atoms with Crippen LogP contribution in [0.1, 0.15) is 15.9 Å². The van der Waals surface area contributed by atoms with Crippen molar-refractivity contribution in [3.05, 3.63) is 72.1 Å². The summed E-state index contributed by atoms with van der Waals surface area (Å²) in [7, 11) is 0. The summed E-state index contributed by atoms with van der Waals surface area (Å²) in [5, 5.41) is 4.25. The first-order valence-corrected chi connectivity index (χ1v) is 8.19. The van der Waals surface area contributed by atoms with Gasteiger partial charge in [0.1, 0.15) is 0 Å². The molecule has 0 bridgehead atoms. The van der Waals surface area contributed by atoms with Crippen LogP contribution in [0.25, 0.3) is 22.2 Å². The first kappa shape index (κ1) is 15.8. The average molecular weight is 343 g/mol. The Morgan fingerprint density at radius 3 is 2.85 bits per heavy atom. The molecule has 0 radical (unpaired) electrons. The van der Waals surface area contributed by atoms with E-state index in [1.807, 2.05) is 43.5 Å². The van der Waals surface area contributed by atoms with E-state index in [9.17, 15) is 4.79 Å². The van der Waals surface area contributed by atoms with Crippen LogP contribution in [0.5, 0.6) is 0 Å². The van der Waals surface area contributed by atoms with Crippen molar-refractivity contribution < 1.29 is 4.79 Å². The zero-order valence-electron chi connectivity index (χ0n) is 14.2. The largest absolute Gasteiger partial charge is 0.366 e. The number of aromatic amines is 1. The third-order valence-corrected chi connectivity index (χ3v) is 4.23. The molecule has 6 nitrogen and oxygen atoms in total. The van der Waals surface area contributed by atoms with Crippen molar-refractivity contribution in [2.75, 3.05) is 5.32 Å². The normalized spacial score (nSPS) is 10.8. The fourth-order valence-corrected chi connectivity index (χ4v) is 2.95. The number of primary amides is 1. The number of carbonyl (C=O) groups excluding carboxylic acids is 1. The van der Waals surface area contributed by atoms with Gasteiger partial charge < -0.3 is 16.0 Å². The highest BCUT2D eigenvalue weighted by Gasteiger charge is 2.11. The highest BCUT2D eigenvalue weighted by Crippen LogP contribution is 2.29. The van der Waals surface area contributed by atoms with Gasteiger partial charge in [-0.05, 0) is 42.8 Å². The number of carbonyl (C=O) groups is 1. The molecule has 6 heteroatoms. The van der Waals surface area contributed by atoms with Crippen LogP contribution in [0.2, 0.25) is 0 Å². The minimum atomic E-state index is -0.474. The lowest BCUT2D eigenvalue weighted by molar-refractivity contribution is 0.100. The van der Waals surface area contributed by atoms with Crippen molar-refractivity contribution in [1.29, 1.82) is 0 Å². The number of aromatic nitrogens is 3. The summed E-state index contributed by atoms with van der Waals surface area (Å²) in [5.74, 6) is -0.0157. The van der Waals surface area contributed by atoms with E-state index in [1.54, 1.807) is 24.4 Å². The lowest BCUT2D eigenvalue weighted by Crippen LogP contribution is -2.11. The van der Waals surface area contributed by atoms with Crippen LogP contribution in [0.15, 0.2) is 60.9 Å². The highest BCUT2D eigenvalue weighted by molar-refractivity contribution is 5.95. The monoisotopic (exact) mass is 343 g/mol. The number of benzene rings is 2. The summed E-state index contributed by atoms with van der Waals surface area (Å²) in [6.45, 7) is 1.98. The van der Waals surface area contributed by atoms with Crippen LogP contribution in [-0.2, 0) is 0 Å². The molecule has 0 aliphatic carbocycles. The maximum absolute atomic E-state index is 11.3. The molecule has 4 rings (SSSR count). The third-order valence-electron chi connectivity index (χ3n) is 4.23. The van der Waals surface area contributed by atoms with Crippen molar-refractivity contribution in [3.8, 4) is 11.3 Å². The lowest BCUT2D eigenvalue weighted by Gasteiger charge is -2.10. The van der Waals surface area contributed by atoms with Gasteiger partial charge in [0.2, 0.25) is 11.9 Å². The van der Waals surface area contributed by atoms with Crippen molar-refractivity contribution in [3.63, 3.8) is 0 Å². The summed E-state index contributed by atoms with van der Waals surface area (Å²) >= 11 is 0. The van der Waals surface area contributed by atoms with Gasteiger partial charge in [0.15, 0.2) is 0 Å². The number of anilines is 2. The molecule has 2 aromatic heterocycles. The van der Waals surface area contributed by atoms with Gasteiger partial charge in [-0.1, -0.05) is 18.2 Å². The Bertz CT molecular complexity index is 1120. The van der Waals surface area contributed by atoms with Crippen LogP contribution < -0.4 is 11.1 Å². The molecule has 0 saturated carbocycles. The SMILES string of the molecule is Cc1cnc(Nc2cccc(C(N)=O)c2)nc1-c1cccc2[nH]ccc12. The molecule has 0 unspecified atom stereocenters. The smallest absolute Gasteiger partial charge is 0.248 e. The molecule has 0 atom stereocenters. The number of amides is 1. The van der Waals surface area contributed by atoms with Gasteiger partial charge >= 0.3 is 0 Å². The second kappa shape index (κ2) is 6.33. The average Bonchev–Trinajstić information content (AvgIpc) is 3.12. The Balaban J connectivity index is 1.74. The maximum atomic E-state index is 11.3. The van der Waals surface area contributed by atoms with Gasteiger partial charge in [-0.3, -0.25) is 4.79 Å². The number of H-pyrrole nitrogens is 1. The fourth-order valence-electron chi connectivity index (χ4n) is 2.95. The standard InChI is InChI=1S/C20H17N5O/c1-12-11-23-20(24-14-5-2-4-13(10-14)19(21)26)25-18(12)16-6-3-7-17-15(16)8-9-22-17/h2-11,22H,1H3,(H2,21,26)(H,23,24,25). The van der Waals surface area contributed by atoms with Crippen molar-refractivity contribution in [2.45, 2.75) is 6.92 Å². The quantitative estimate of drug-likeness (QED) is 0.525. The lowest BCUT2D eigenvalue weighted by atomic mass is 10.0. The fraction of sp³-hybridized carbons (Fsp3) is 0.0500. The van der Waals surface area contributed by atoms with Gasteiger partial charge in [0.05, 0.1) is 5.69 Å². The zero-order valence-corrected chi connectivity index (χ0v) is 14.2. The number of nitrogens with zero attached hydrogens (tertiary/aromatic N) is 2. The molecular weight excluding hydrogens is 326 g/mol. The molecule has 4 N–H and O–H groups in total. The molecule has 4 aromatic rings. The first-order valence-electron chi connectivity index (χ1n) is 8.19. The molecular formula is C20H17N5O. The first-order chi connectivity index (χ1) is 12.6. The maximum Gasteiger partial charge on any atom is 0.248 e. The van der Waals surface area contributed by atoms with Gasteiger partial charge in [0.25, 0.3) is 0 Å². The summed E-state index contributed by atoms with van der Waals surface area (Å²) in [5.41, 5.74) is 10.4. The molecule has 0 saturated heterocycles. The molecule has 0 aliphatic heterocycles. The molecule has 26 heavy (non-hydrogen) atoms. The van der Waals surface area contributed by atoms with E-state index in [2.05, 4.69) is 20.3 Å². The van der Waals surface area contributed by atoms with E-state index < -0.39 is 5.91 Å². The minimum absolute atomic E-state index is 0.430. The van der Waals surface area contributed by atoms with E-state index in [-0.39, 0.29) is 0 Å². The molecule has 2 heterocycles. The minimum Gasteiger partial charge on any atom is -0.366 e. The summed E-state index contributed by atoms with van der Waals surface area (Å²) in [6.07, 6.45) is 3.70. The van der Waals surface area contributed by atoms with Crippen molar-refractivity contribution in [1.82, 2.24) is 15.0 Å². The summed E-state index contributed by atoms with van der Waals surface area (Å²) in [6, 6.07) is 15.1. The Morgan fingerprint density at radius 1 is 1.15 bits per heavy atom. The van der Waals surface area contributed by atoms with Crippen molar-refractivity contribution in [2.24, 2.45) is 5.73 Å². The van der Waals surface area contributed by atoms with Crippen LogP contribution >= 0.6 is 0 Å². The van der Waals surface area contributed by atoms with Gasteiger partial charge in [-0.15, -0.1) is 0 Å². The summed E-state index contributed by atoms with van der Waals surface area (Å²) < 4.78 is 0. The number of nitrogens with two attached hydrogens (primary N) is 1. The third kappa shape index (κ3) is 2.88. The van der Waals surface area contributed by atoms with Gasteiger partial charge in [-0.25, -0.2) is 9.97 Å². The number of nitrogens with one attached hydrogen (secondary N) is 2. The molecule has 0 spiro atoms. The number of fused-ring (bicyclic) bond motifs is 1. The predicted molar refractivity (Wildman–Crippen MR) is 102 cm³/mol. The van der Waals surface area contributed by atoms with Crippen LogP contribution in [-0.4, -0.2) is 20.9 Å². The van der Waals surface area contributed by atoms with Crippen LogP contribution in [0, 0.1) is 6.92 Å². The van der Waals surface area contributed by atoms with Crippen LogP contribution in [0.3, 0.4) is 0 Å². The molecule has 2 aromatic carbocycles. The van der Waals surface area contributed by atoms with Gasteiger partial charge in [0, 0.05) is 40.1 Å². The summed E-state index contributed by atoms with van der Waals surface area (Å²) in [4.78, 5) is 23.6. The Labute approximate surface area is 150 Å². The molecule has 0 fully saturated rings. The molecule has 1 amide bonds. The second-order valence-electron chi connectivity index (χ2n) is 6.04. The number of hydrogen-bond acceptors (Lipinski definition) is 4. The van der Waals surface area contributed by atoms with Gasteiger partial charge in [-0.2, -0.15) is 0 Å². The number of aryl methyl sites for hydroxylation is 1. The Morgan fingerprint density at radius 2 is 2.00 bits per heavy atom. The van der Waals surface area contributed by atoms with Crippen molar-refractivity contribution >= 4 is 28.4 Å². The zero-order chi connectivity index (χ0) is 18.1. The molecule has 128 valence electrons.